The van der Waals surface area contributed by atoms with Gasteiger partial charge in [0.1, 0.15) is 11.4 Å². The Kier molecular flexibility index (Phi) is 6.01. The van der Waals surface area contributed by atoms with Crippen molar-refractivity contribution >= 4 is 39.1 Å². The monoisotopic (exact) mass is 465 g/mol. The molecule has 3 heterocycles. The highest BCUT2D eigenvalue weighted by atomic mass is 32.1. The first-order chi connectivity index (χ1) is 16.0. The Balaban J connectivity index is 1.75. The van der Waals surface area contributed by atoms with E-state index < -0.39 is 0 Å². The molecule has 0 N–H and O–H groups in total. The molecule has 0 atom stereocenters. The van der Waals surface area contributed by atoms with Gasteiger partial charge < -0.3 is 19.1 Å². The number of likely N-dealkylation sites (N-methyl/N-ethyl adjacent to an activating group) is 1. The topological polar surface area (TPSA) is 54.8 Å². The zero-order chi connectivity index (χ0) is 23.1. The number of amides is 1. The fourth-order valence-electron chi connectivity index (χ4n) is 5.38. The fraction of sp³-hybridized carbons (Fsp3) is 0.462. The van der Waals surface area contributed by atoms with Gasteiger partial charge in [-0.25, -0.2) is 4.79 Å². The number of carbonyl (C=O) groups is 2. The van der Waals surface area contributed by atoms with Crippen molar-refractivity contribution in [1.82, 2.24) is 9.47 Å². The van der Waals surface area contributed by atoms with E-state index in [2.05, 4.69) is 27.7 Å². The molecule has 1 fully saturated rings. The van der Waals surface area contributed by atoms with E-state index in [1.165, 1.54) is 43.3 Å². The predicted octanol–water partition coefficient (Wildman–Crippen LogP) is 5.11. The number of nitrogens with zero attached hydrogens (tertiary/aromatic N) is 3. The third-order valence-electron chi connectivity index (χ3n) is 6.99. The van der Waals surface area contributed by atoms with Crippen LogP contribution in [0.1, 0.15) is 53.3 Å². The summed E-state index contributed by atoms with van der Waals surface area (Å²) in [5, 5.41) is 0. The first-order valence-corrected chi connectivity index (χ1v) is 12.6. The number of fused-ring (bicyclic) bond motifs is 5. The summed E-state index contributed by atoms with van der Waals surface area (Å²) in [5.74, 6) is 0.215. The number of benzene rings is 1. The zero-order valence-electron chi connectivity index (χ0n) is 19.6. The summed E-state index contributed by atoms with van der Waals surface area (Å²) in [6, 6.07) is 10.2. The number of methoxy groups -OCH3 is 1. The van der Waals surface area contributed by atoms with Gasteiger partial charge in [-0.05, 0) is 50.6 Å². The molecule has 1 aliphatic carbocycles. The van der Waals surface area contributed by atoms with Crippen LogP contribution >= 0.6 is 11.3 Å². The van der Waals surface area contributed by atoms with E-state index >= 15 is 0 Å². The van der Waals surface area contributed by atoms with E-state index in [9.17, 15) is 9.59 Å². The van der Waals surface area contributed by atoms with Crippen LogP contribution in [-0.4, -0.2) is 55.6 Å². The van der Waals surface area contributed by atoms with Crippen LogP contribution in [0, 0.1) is 0 Å². The number of ether oxygens (including phenoxy) is 1. The van der Waals surface area contributed by atoms with E-state index in [-0.39, 0.29) is 18.4 Å². The molecule has 0 radical (unpaired) electrons. The summed E-state index contributed by atoms with van der Waals surface area (Å²) in [5.41, 5.74) is 5.56. The zero-order valence-corrected chi connectivity index (χ0v) is 20.4. The highest BCUT2D eigenvalue weighted by molar-refractivity contribution is 7.21. The number of para-hydroxylation sites is 1. The summed E-state index contributed by atoms with van der Waals surface area (Å²) >= 11 is 1.51. The van der Waals surface area contributed by atoms with Gasteiger partial charge >= 0.3 is 5.97 Å². The van der Waals surface area contributed by atoms with E-state index in [0.717, 1.165) is 46.5 Å². The fourth-order valence-corrected chi connectivity index (χ4v) is 6.59. The number of aromatic nitrogens is 1. The van der Waals surface area contributed by atoms with Crippen LogP contribution < -0.4 is 4.90 Å². The molecular weight excluding hydrogens is 434 g/mol. The van der Waals surface area contributed by atoms with Crippen molar-refractivity contribution in [2.45, 2.75) is 44.6 Å². The number of thiophene rings is 1. The van der Waals surface area contributed by atoms with Crippen LogP contribution in [0.5, 0.6) is 0 Å². The molecule has 1 aromatic carbocycles. The minimum absolute atomic E-state index is 0.0842. The van der Waals surface area contributed by atoms with Gasteiger partial charge in [-0.2, -0.15) is 0 Å². The highest BCUT2D eigenvalue weighted by Crippen LogP contribution is 2.49. The average Bonchev–Trinajstić information content (AvgIpc) is 3.34. The summed E-state index contributed by atoms with van der Waals surface area (Å²) in [6.45, 7) is 1.72. The Morgan fingerprint density at radius 3 is 2.67 bits per heavy atom. The van der Waals surface area contributed by atoms with Crippen molar-refractivity contribution in [2.24, 2.45) is 0 Å². The molecule has 0 spiro atoms. The number of rotatable bonds is 5. The summed E-state index contributed by atoms with van der Waals surface area (Å²) in [7, 11) is 5.48. The smallest absolute Gasteiger partial charge is 0.348 e. The van der Waals surface area contributed by atoms with Crippen molar-refractivity contribution in [3.05, 3.63) is 40.8 Å². The maximum atomic E-state index is 13.6. The average molecular weight is 466 g/mol. The third kappa shape index (κ3) is 3.87. The van der Waals surface area contributed by atoms with Crippen molar-refractivity contribution in [1.29, 1.82) is 0 Å². The number of hydrogen-bond donors (Lipinski definition) is 0. The van der Waals surface area contributed by atoms with Crippen LogP contribution in [0.4, 0.5) is 5.69 Å². The van der Waals surface area contributed by atoms with E-state index in [1.807, 2.05) is 31.1 Å². The molecule has 2 aromatic heterocycles. The van der Waals surface area contributed by atoms with E-state index in [4.69, 9.17) is 4.74 Å². The lowest BCUT2D eigenvalue weighted by Crippen LogP contribution is -2.37. The highest BCUT2D eigenvalue weighted by Gasteiger charge is 2.34. The second kappa shape index (κ2) is 8.95. The molecule has 2 aliphatic rings. The van der Waals surface area contributed by atoms with Crippen LogP contribution in [0.15, 0.2) is 30.3 Å². The molecular formula is C26H31N3O3S. The number of anilines is 1. The van der Waals surface area contributed by atoms with Crippen LogP contribution in [-0.2, 0) is 16.1 Å². The van der Waals surface area contributed by atoms with Crippen molar-refractivity contribution in [2.75, 3.05) is 39.2 Å². The van der Waals surface area contributed by atoms with E-state index in [0.29, 0.717) is 17.3 Å². The Morgan fingerprint density at radius 2 is 1.94 bits per heavy atom. The van der Waals surface area contributed by atoms with Gasteiger partial charge in [0.05, 0.1) is 28.7 Å². The lowest BCUT2D eigenvalue weighted by atomic mass is 9.83. The molecule has 1 aliphatic heterocycles. The number of carbonyl (C=O) groups excluding carboxylic acids is 2. The lowest BCUT2D eigenvalue weighted by Gasteiger charge is -2.25. The lowest BCUT2D eigenvalue weighted by molar-refractivity contribution is -0.119. The predicted molar refractivity (Wildman–Crippen MR) is 133 cm³/mol. The van der Waals surface area contributed by atoms with Crippen molar-refractivity contribution in [3.8, 4) is 11.3 Å². The maximum absolute atomic E-state index is 13.6. The van der Waals surface area contributed by atoms with Crippen LogP contribution in [0.25, 0.3) is 21.5 Å². The maximum Gasteiger partial charge on any atom is 0.348 e. The Hall–Kier alpha value is -2.64. The molecule has 1 amide bonds. The van der Waals surface area contributed by atoms with Crippen molar-refractivity contribution in [3.63, 3.8) is 0 Å². The second-order valence-corrected chi connectivity index (χ2v) is 10.4. The quantitative estimate of drug-likeness (QED) is 0.491. The Labute approximate surface area is 198 Å². The van der Waals surface area contributed by atoms with Gasteiger partial charge in [-0.3, -0.25) is 4.79 Å². The number of esters is 1. The first-order valence-electron chi connectivity index (χ1n) is 11.8. The Morgan fingerprint density at radius 1 is 1.18 bits per heavy atom. The van der Waals surface area contributed by atoms with Crippen LogP contribution in [0.2, 0.25) is 0 Å². The van der Waals surface area contributed by atoms with Gasteiger partial charge in [-0.15, -0.1) is 11.3 Å². The standard InChI is InChI=1S/C26H31N3O3S/c1-27(2)13-14-28-19-12-8-7-11-18(19)24-23(17-9-5-4-6-10-17)25-20(29(24)16-22(28)30)15-21(33-25)26(31)32-3/h7-8,11-12,15,17H,4-6,9-10,13-14,16H2,1-3H3. The minimum Gasteiger partial charge on any atom is -0.465 e. The summed E-state index contributed by atoms with van der Waals surface area (Å²) in [4.78, 5) is 30.6. The van der Waals surface area contributed by atoms with Gasteiger partial charge in [0.2, 0.25) is 5.91 Å². The molecule has 0 bridgehead atoms. The molecule has 3 aromatic rings. The Bertz CT molecular complexity index is 1200. The third-order valence-corrected chi connectivity index (χ3v) is 8.13. The molecule has 33 heavy (non-hydrogen) atoms. The molecule has 6 nitrogen and oxygen atoms in total. The first kappa shape index (κ1) is 22.2. The number of hydrogen-bond acceptors (Lipinski definition) is 5. The molecule has 1 saturated carbocycles. The van der Waals surface area contributed by atoms with Crippen molar-refractivity contribution < 1.29 is 14.3 Å². The minimum atomic E-state index is -0.312. The second-order valence-electron chi connectivity index (χ2n) is 9.37. The van der Waals surface area contributed by atoms with Gasteiger partial charge in [0, 0.05) is 18.7 Å². The van der Waals surface area contributed by atoms with E-state index in [1.54, 1.807) is 0 Å². The molecule has 7 heteroatoms. The SMILES string of the molecule is COC(=O)c1cc2c(s1)c(C1CCCCC1)c1n2CC(=O)N(CCN(C)C)c2ccccc2-1. The molecule has 174 valence electrons. The van der Waals surface area contributed by atoms with Gasteiger partial charge in [0.25, 0.3) is 0 Å². The normalized spacial score (nSPS) is 16.7. The molecule has 0 unspecified atom stereocenters. The van der Waals surface area contributed by atoms with Gasteiger partial charge in [0.15, 0.2) is 0 Å². The largest absolute Gasteiger partial charge is 0.465 e. The summed E-state index contributed by atoms with van der Waals surface area (Å²) < 4.78 is 8.33. The molecule has 5 rings (SSSR count). The van der Waals surface area contributed by atoms with Crippen LogP contribution in [0.3, 0.4) is 0 Å². The van der Waals surface area contributed by atoms with Gasteiger partial charge in [-0.1, -0.05) is 37.5 Å². The summed E-state index contributed by atoms with van der Waals surface area (Å²) in [6.07, 6.45) is 6.03. The molecule has 0 saturated heterocycles.